The van der Waals surface area contributed by atoms with Gasteiger partial charge < -0.3 is 10.5 Å². The average Bonchev–Trinajstić information content (AvgIpc) is 2.56. The minimum absolute atomic E-state index is 0.492. The summed E-state index contributed by atoms with van der Waals surface area (Å²) >= 11 is 0. The van der Waals surface area contributed by atoms with Gasteiger partial charge in [-0.25, -0.2) is 9.36 Å². The number of aromatic nitrogens is 1. The Balaban J connectivity index is 2.69. The van der Waals surface area contributed by atoms with Crippen LogP contribution >= 0.6 is 0 Å². The van der Waals surface area contributed by atoms with Crippen LogP contribution < -0.4 is 10.5 Å². The van der Waals surface area contributed by atoms with Crippen molar-refractivity contribution in [1.29, 1.82) is 0 Å². The van der Waals surface area contributed by atoms with E-state index in [2.05, 4.69) is 0 Å². The summed E-state index contributed by atoms with van der Waals surface area (Å²) in [6.07, 6.45) is 0. The molecule has 2 N–H and O–H groups in total. The van der Waals surface area contributed by atoms with Gasteiger partial charge in [-0.2, -0.15) is 0 Å². The lowest BCUT2D eigenvalue weighted by molar-refractivity contribution is 0.245. The Morgan fingerprint density at radius 3 is 2.87 bits per heavy atom. The molecule has 2 aromatic rings. The number of nitrogens with two attached hydrogens (primary N) is 1. The molecule has 0 aliphatic carbocycles. The second-order valence-corrected chi connectivity index (χ2v) is 3.15. The molecule has 1 amide bonds. The van der Waals surface area contributed by atoms with Crippen molar-refractivity contribution in [3.8, 4) is 5.88 Å². The van der Waals surface area contributed by atoms with E-state index in [1.165, 1.54) is 4.57 Å². The Morgan fingerprint density at radius 1 is 1.47 bits per heavy atom. The van der Waals surface area contributed by atoms with Gasteiger partial charge in [-0.1, -0.05) is 18.2 Å². The van der Waals surface area contributed by atoms with E-state index < -0.39 is 6.03 Å². The van der Waals surface area contributed by atoms with Gasteiger partial charge in [0.25, 0.3) is 0 Å². The molecule has 2 rings (SSSR count). The number of ether oxygens (including phenoxy) is 1. The number of fused-ring (bicyclic) bond motifs is 1. The number of hydrogen-bond donors (Lipinski definition) is 1. The van der Waals surface area contributed by atoms with E-state index in [-0.39, 0.29) is 0 Å². The third-order valence-corrected chi connectivity index (χ3v) is 2.19. The number of primary amides is 1. The number of para-hydroxylation sites is 1. The lowest BCUT2D eigenvalue weighted by Crippen LogP contribution is -2.20. The van der Waals surface area contributed by atoms with E-state index in [9.17, 15) is 4.79 Å². The first-order valence-electron chi connectivity index (χ1n) is 4.77. The fraction of sp³-hybridized carbons (Fsp3) is 0.182. The number of rotatable bonds is 2. The maximum absolute atomic E-state index is 11.3. The zero-order chi connectivity index (χ0) is 10.8. The highest BCUT2D eigenvalue weighted by Crippen LogP contribution is 2.24. The summed E-state index contributed by atoms with van der Waals surface area (Å²) in [5.74, 6) is 0.492. The minimum Gasteiger partial charge on any atom is -0.479 e. The SMILES string of the molecule is CCOc1cc2ccccc2n1C(N)=O. The van der Waals surface area contributed by atoms with Gasteiger partial charge in [0.15, 0.2) is 0 Å². The molecular weight excluding hydrogens is 192 g/mol. The third-order valence-electron chi connectivity index (χ3n) is 2.19. The molecule has 0 saturated carbocycles. The second kappa shape index (κ2) is 3.65. The first-order chi connectivity index (χ1) is 7.24. The molecule has 0 aliphatic rings. The van der Waals surface area contributed by atoms with Crippen molar-refractivity contribution in [1.82, 2.24) is 4.57 Å². The summed E-state index contributed by atoms with van der Waals surface area (Å²) in [7, 11) is 0. The van der Waals surface area contributed by atoms with Gasteiger partial charge in [0.1, 0.15) is 0 Å². The van der Waals surface area contributed by atoms with Crippen molar-refractivity contribution in [3.63, 3.8) is 0 Å². The van der Waals surface area contributed by atoms with Crippen LogP contribution in [0.15, 0.2) is 30.3 Å². The zero-order valence-corrected chi connectivity index (χ0v) is 8.43. The molecule has 0 spiro atoms. The van der Waals surface area contributed by atoms with Crippen molar-refractivity contribution >= 4 is 16.9 Å². The van der Waals surface area contributed by atoms with Crippen LogP contribution in [0.3, 0.4) is 0 Å². The summed E-state index contributed by atoms with van der Waals surface area (Å²) < 4.78 is 6.72. The Labute approximate surface area is 87.2 Å². The van der Waals surface area contributed by atoms with Crippen LogP contribution in [0.1, 0.15) is 6.92 Å². The van der Waals surface area contributed by atoms with Gasteiger partial charge in [0, 0.05) is 11.5 Å². The molecule has 78 valence electrons. The van der Waals surface area contributed by atoms with E-state index in [0.29, 0.717) is 12.5 Å². The van der Waals surface area contributed by atoms with Crippen molar-refractivity contribution < 1.29 is 9.53 Å². The highest BCUT2D eigenvalue weighted by Gasteiger charge is 2.12. The molecule has 1 aromatic carbocycles. The number of hydrogen-bond acceptors (Lipinski definition) is 2. The predicted molar refractivity (Wildman–Crippen MR) is 58.1 cm³/mol. The van der Waals surface area contributed by atoms with E-state index >= 15 is 0 Å². The topological polar surface area (TPSA) is 57.2 Å². The van der Waals surface area contributed by atoms with Crippen molar-refractivity contribution in [2.24, 2.45) is 5.73 Å². The van der Waals surface area contributed by atoms with E-state index in [1.807, 2.05) is 37.3 Å². The van der Waals surface area contributed by atoms with Gasteiger partial charge in [-0.15, -0.1) is 0 Å². The molecule has 0 unspecified atom stereocenters. The largest absolute Gasteiger partial charge is 0.479 e. The maximum atomic E-state index is 11.3. The molecule has 0 bridgehead atoms. The predicted octanol–water partition coefficient (Wildman–Crippen LogP) is 1.97. The Morgan fingerprint density at radius 2 is 2.20 bits per heavy atom. The van der Waals surface area contributed by atoms with Crippen LogP contribution in [-0.4, -0.2) is 17.2 Å². The summed E-state index contributed by atoms with van der Waals surface area (Å²) in [5.41, 5.74) is 6.07. The fourth-order valence-corrected chi connectivity index (χ4v) is 1.61. The highest BCUT2D eigenvalue weighted by molar-refractivity contribution is 5.93. The average molecular weight is 204 g/mol. The number of carbonyl (C=O) groups excluding carboxylic acids is 1. The normalized spacial score (nSPS) is 10.5. The number of carbonyl (C=O) groups is 1. The molecule has 4 nitrogen and oxygen atoms in total. The van der Waals surface area contributed by atoms with Crippen LogP contribution in [0.5, 0.6) is 5.88 Å². The Bertz CT molecular complexity index is 502. The lowest BCUT2D eigenvalue weighted by atomic mass is 10.2. The van der Waals surface area contributed by atoms with Gasteiger partial charge >= 0.3 is 6.03 Å². The van der Waals surface area contributed by atoms with Gasteiger partial charge in [-0.05, 0) is 13.0 Å². The maximum Gasteiger partial charge on any atom is 0.326 e. The van der Waals surface area contributed by atoms with Crippen molar-refractivity contribution in [2.75, 3.05) is 6.61 Å². The molecule has 0 atom stereocenters. The molecule has 0 radical (unpaired) electrons. The van der Waals surface area contributed by atoms with Crippen molar-refractivity contribution in [3.05, 3.63) is 30.3 Å². The third kappa shape index (κ3) is 1.54. The van der Waals surface area contributed by atoms with Crippen LogP contribution in [-0.2, 0) is 0 Å². The van der Waals surface area contributed by atoms with Gasteiger partial charge in [0.2, 0.25) is 5.88 Å². The molecule has 1 heterocycles. The molecule has 1 aromatic heterocycles. The van der Waals surface area contributed by atoms with Crippen LogP contribution in [0, 0.1) is 0 Å². The molecule has 4 heteroatoms. The minimum atomic E-state index is -0.528. The Kier molecular flexibility index (Phi) is 2.33. The summed E-state index contributed by atoms with van der Waals surface area (Å²) in [5, 5.41) is 0.944. The van der Waals surface area contributed by atoms with E-state index in [0.717, 1.165) is 10.9 Å². The monoisotopic (exact) mass is 204 g/mol. The summed E-state index contributed by atoms with van der Waals surface area (Å²) in [4.78, 5) is 11.3. The van der Waals surface area contributed by atoms with Crippen molar-refractivity contribution in [2.45, 2.75) is 6.92 Å². The molecule has 15 heavy (non-hydrogen) atoms. The number of benzene rings is 1. The van der Waals surface area contributed by atoms with E-state index in [4.69, 9.17) is 10.5 Å². The summed E-state index contributed by atoms with van der Waals surface area (Å²) in [6, 6.07) is 8.80. The molecule has 0 saturated heterocycles. The molecular formula is C11H12N2O2. The zero-order valence-electron chi connectivity index (χ0n) is 8.43. The first kappa shape index (κ1) is 9.58. The van der Waals surface area contributed by atoms with Crippen LogP contribution in [0.4, 0.5) is 4.79 Å². The molecule has 0 aliphatic heterocycles. The van der Waals surface area contributed by atoms with E-state index in [1.54, 1.807) is 0 Å². The lowest BCUT2D eigenvalue weighted by Gasteiger charge is -2.05. The van der Waals surface area contributed by atoms with Crippen LogP contribution in [0.2, 0.25) is 0 Å². The van der Waals surface area contributed by atoms with Crippen LogP contribution in [0.25, 0.3) is 10.9 Å². The Hall–Kier alpha value is -1.97. The number of nitrogens with zero attached hydrogens (tertiary/aromatic N) is 1. The second-order valence-electron chi connectivity index (χ2n) is 3.15. The standard InChI is InChI=1S/C11H12N2O2/c1-2-15-10-7-8-5-3-4-6-9(8)13(10)11(12)14/h3-7H,2H2,1H3,(H2,12,14). The first-order valence-corrected chi connectivity index (χ1v) is 4.77. The van der Waals surface area contributed by atoms with Gasteiger partial charge in [0.05, 0.1) is 12.1 Å². The molecule has 0 fully saturated rings. The quantitative estimate of drug-likeness (QED) is 0.813. The fourth-order valence-electron chi connectivity index (χ4n) is 1.61. The van der Waals surface area contributed by atoms with Gasteiger partial charge in [-0.3, -0.25) is 0 Å². The smallest absolute Gasteiger partial charge is 0.326 e. The summed E-state index contributed by atoms with van der Waals surface area (Å²) in [6.45, 7) is 2.37. The highest BCUT2D eigenvalue weighted by atomic mass is 16.5. The number of amides is 1.